The van der Waals surface area contributed by atoms with E-state index in [9.17, 15) is 5.11 Å². The summed E-state index contributed by atoms with van der Waals surface area (Å²) in [5, 5.41) is 9.83. The number of halogens is 1. The number of hydrogen-bond donors (Lipinski definition) is 1. The molecule has 1 atom stereocenters. The molecule has 0 amide bonds. The molecule has 0 spiro atoms. The van der Waals surface area contributed by atoms with Crippen LogP contribution in [0.4, 0.5) is 0 Å². The van der Waals surface area contributed by atoms with Crippen molar-refractivity contribution in [3.63, 3.8) is 0 Å². The molecule has 0 saturated carbocycles. The maximum Gasteiger partial charge on any atom is 0.0902 e. The summed E-state index contributed by atoms with van der Waals surface area (Å²) in [6.45, 7) is 3.77. The maximum absolute atomic E-state index is 9.83. The molecule has 0 heterocycles. The highest BCUT2D eigenvalue weighted by atomic mass is 79.9. The molecule has 1 rings (SSSR count). The molecule has 1 aromatic rings. The quantitative estimate of drug-likeness (QED) is 0.802. The maximum atomic E-state index is 9.83. The Balaban J connectivity index is 2.91. The van der Waals surface area contributed by atoms with Gasteiger partial charge in [0.25, 0.3) is 0 Å². The van der Waals surface area contributed by atoms with Crippen molar-refractivity contribution in [1.29, 1.82) is 0 Å². The second-order valence-electron chi connectivity index (χ2n) is 3.15. The zero-order valence-electron chi connectivity index (χ0n) is 8.34. The smallest absolute Gasteiger partial charge is 0.0902 e. The van der Waals surface area contributed by atoms with Crippen LogP contribution in [0.5, 0.6) is 0 Å². The molecule has 0 aromatic heterocycles. The minimum Gasteiger partial charge on any atom is -0.387 e. The average Bonchev–Trinajstić information content (AvgIpc) is 2.18. The Labute approximate surface area is 93.3 Å². The monoisotopic (exact) mass is 252 g/mol. The van der Waals surface area contributed by atoms with Crippen LogP contribution in [0, 0.1) is 18.8 Å². The van der Waals surface area contributed by atoms with Crippen LogP contribution in [0.15, 0.2) is 22.7 Å². The third-order valence-corrected chi connectivity index (χ3v) is 2.57. The lowest BCUT2D eigenvalue weighted by Gasteiger charge is -2.11. The first kappa shape index (κ1) is 11.3. The molecule has 1 N–H and O–H groups in total. The lowest BCUT2D eigenvalue weighted by molar-refractivity contribution is 0.183. The molecule has 0 bridgehead atoms. The summed E-state index contributed by atoms with van der Waals surface area (Å²) >= 11 is 3.39. The zero-order chi connectivity index (χ0) is 10.6. The van der Waals surface area contributed by atoms with E-state index in [0.29, 0.717) is 6.42 Å². The third kappa shape index (κ3) is 2.87. The Hall–Kier alpha value is -0.780. The Morgan fingerprint density at radius 3 is 2.86 bits per heavy atom. The molecule has 14 heavy (non-hydrogen) atoms. The lowest BCUT2D eigenvalue weighted by atomic mass is 10.0. The summed E-state index contributed by atoms with van der Waals surface area (Å²) < 4.78 is 0.988. The normalized spacial score (nSPS) is 11.7. The predicted octanol–water partition coefficient (Wildman–Crippen LogP) is 3.20. The number of aryl methyl sites for hydroxylation is 1. The van der Waals surface area contributed by atoms with E-state index < -0.39 is 6.10 Å². The third-order valence-electron chi connectivity index (χ3n) is 2.07. The van der Waals surface area contributed by atoms with Gasteiger partial charge in [-0.15, -0.1) is 11.8 Å². The Morgan fingerprint density at radius 2 is 2.21 bits per heavy atom. The first-order chi connectivity index (χ1) is 6.65. The van der Waals surface area contributed by atoms with Crippen LogP contribution < -0.4 is 0 Å². The SMILES string of the molecule is CC#CCC(O)c1cc(Br)ccc1C. The van der Waals surface area contributed by atoms with Crippen LogP contribution >= 0.6 is 15.9 Å². The Morgan fingerprint density at radius 1 is 1.50 bits per heavy atom. The lowest BCUT2D eigenvalue weighted by Crippen LogP contribution is -1.98. The van der Waals surface area contributed by atoms with Gasteiger partial charge in [-0.3, -0.25) is 0 Å². The van der Waals surface area contributed by atoms with Crippen LogP contribution in [0.1, 0.15) is 30.6 Å². The van der Waals surface area contributed by atoms with Gasteiger partial charge in [-0.2, -0.15) is 0 Å². The molecule has 1 unspecified atom stereocenters. The van der Waals surface area contributed by atoms with Gasteiger partial charge in [0.1, 0.15) is 0 Å². The van der Waals surface area contributed by atoms with Gasteiger partial charge in [-0.05, 0) is 37.1 Å². The summed E-state index contributed by atoms with van der Waals surface area (Å²) in [4.78, 5) is 0. The van der Waals surface area contributed by atoms with Crippen molar-refractivity contribution in [3.05, 3.63) is 33.8 Å². The molecule has 0 aliphatic heterocycles. The van der Waals surface area contributed by atoms with Gasteiger partial charge in [-0.25, -0.2) is 0 Å². The van der Waals surface area contributed by atoms with E-state index in [1.165, 1.54) is 0 Å². The van der Waals surface area contributed by atoms with E-state index >= 15 is 0 Å². The molecular formula is C12H13BrO. The zero-order valence-corrected chi connectivity index (χ0v) is 9.93. The fourth-order valence-electron chi connectivity index (χ4n) is 1.28. The number of rotatable bonds is 2. The first-order valence-electron chi connectivity index (χ1n) is 4.49. The van der Waals surface area contributed by atoms with Gasteiger partial charge in [0, 0.05) is 10.9 Å². The molecule has 0 aliphatic carbocycles. The van der Waals surface area contributed by atoms with Crippen molar-refractivity contribution in [2.24, 2.45) is 0 Å². The van der Waals surface area contributed by atoms with Crippen molar-refractivity contribution in [1.82, 2.24) is 0 Å². The number of benzene rings is 1. The number of aliphatic hydroxyl groups excluding tert-OH is 1. The van der Waals surface area contributed by atoms with Crippen molar-refractivity contribution >= 4 is 15.9 Å². The molecule has 0 aliphatic rings. The summed E-state index contributed by atoms with van der Waals surface area (Å²) in [5.74, 6) is 5.66. The Bertz CT molecular complexity index is 374. The van der Waals surface area contributed by atoms with Gasteiger partial charge in [-0.1, -0.05) is 22.0 Å². The second-order valence-corrected chi connectivity index (χ2v) is 4.06. The summed E-state index contributed by atoms with van der Waals surface area (Å²) in [6.07, 6.45) is 0.00769. The second kappa shape index (κ2) is 5.19. The average molecular weight is 253 g/mol. The van der Waals surface area contributed by atoms with E-state index in [1.807, 2.05) is 25.1 Å². The largest absolute Gasteiger partial charge is 0.387 e. The molecule has 74 valence electrons. The highest BCUT2D eigenvalue weighted by Gasteiger charge is 2.08. The van der Waals surface area contributed by atoms with Gasteiger partial charge in [0.2, 0.25) is 0 Å². The standard InChI is InChI=1S/C12H13BrO/c1-3-4-5-12(14)11-8-10(13)7-6-9(11)2/h6-8,12,14H,5H2,1-2H3. The van der Waals surface area contributed by atoms with E-state index in [0.717, 1.165) is 15.6 Å². The summed E-state index contributed by atoms with van der Waals surface area (Å²) in [5.41, 5.74) is 2.04. The van der Waals surface area contributed by atoms with Crippen molar-refractivity contribution in [2.75, 3.05) is 0 Å². The molecule has 2 heteroatoms. The van der Waals surface area contributed by atoms with E-state index in [-0.39, 0.29) is 0 Å². The first-order valence-corrected chi connectivity index (χ1v) is 5.28. The van der Waals surface area contributed by atoms with Gasteiger partial charge in [0.15, 0.2) is 0 Å². The van der Waals surface area contributed by atoms with E-state index in [4.69, 9.17) is 0 Å². The molecule has 0 fully saturated rings. The van der Waals surface area contributed by atoms with Crippen LogP contribution in [0.3, 0.4) is 0 Å². The molecular weight excluding hydrogens is 240 g/mol. The van der Waals surface area contributed by atoms with Crippen molar-refractivity contribution in [3.8, 4) is 11.8 Å². The van der Waals surface area contributed by atoms with Crippen LogP contribution in [-0.2, 0) is 0 Å². The van der Waals surface area contributed by atoms with Crippen LogP contribution in [0.25, 0.3) is 0 Å². The fourth-order valence-corrected chi connectivity index (χ4v) is 1.66. The fraction of sp³-hybridized carbons (Fsp3) is 0.333. The predicted molar refractivity (Wildman–Crippen MR) is 61.9 cm³/mol. The minimum atomic E-state index is -0.486. The number of hydrogen-bond acceptors (Lipinski definition) is 1. The molecule has 1 nitrogen and oxygen atoms in total. The highest BCUT2D eigenvalue weighted by molar-refractivity contribution is 9.10. The van der Waals surface area contributed by atoms with Gasteiger partial charge < -0.3 is 5.11 Å². The number of aliphatic hydroxyl groups is 1. The van der Waals surface area contributed by atoms with Gasteiger partial charge in [0.05, 0.1) is 6.10 Å². The van der Waals surface area contributed by atoms with E-state index in [1.54, 1.807) is 6.92 Å². The molecule has 0 radical (unpaired) electrons. The van der Waals surface area contributed by atoms with Gasteiger partial charge >= 0.3 is 0 Å². The minimum absolute atomic E-state index is 0.486. The van der Waals surface area contributed by atoms with Crippen LogP contribution in [-0.4, -0.2) is 5.11 Å². The van der Waals surface area contributed by atoms with Crippen LogP contribution in [0.2, 0.25) is 0 Å². The topological polar surface area (TPSA) is 20.2 Å². The van der Waals surface area contributed by atoms with E-state index in [2.05, 4.69) is 27.8 Å². The van der Waals surface area contributed by atoms with Crippen molar-refractivity contribution in [2.45, 2.75) is 26.4 Å². The molecule has 0 saturated heterocycles. The summed E-state index contributed by atoms with van der Waals surface area (Å²) in [7, 11) is 0. The Kier molecular flexibility index (Phi) is 4.19. The molecule has 1 aromatic carbocycles. The summed E-state index contributed by atoms with van der Waals surface area (Å²) in [6, 6.07) is 5.90. The van der Waals surface area contributed by atoms with Crippen molar-refractivity contribution < 1.29 is 5.11 Å². The highest BCUT2D eigenvalue weighted by Crippen LogP contribution is 2.23.